The Hall–Kier alpha value is -0.570. The summed E-state index contributed by atoms with van der Waals surface area (Å²) in [5.74, 6) is -0.438. The molecule has 0 aliphatic carbocycles. The largest absolute Gasteiger partial charge is 0.463 e. The minimum absolute atomic E-state index is 0.0523. The van der Waals surface area contributed by atoms with Gasteiger partial charge in [0.25, 0.3) is 0 Å². The molecule has 0 spiro atoms. The Morgan fingerprint density at radius 3 is 2.55 bits per heavy atom. The molecule has 0 saturated carbocycles. The van der Waals surface area contributed by atoms with Crippen LogP contribution in [0.15, 0.2) is 0 Å². The van der Waals surface area contributed by atoms with Crippen LogP contribution in [-0.2, 0) is 14.3 Å². The minimum Gasteiger partial charge on any atom is -0.463 e. The molecule has 0 aromatic carbocycles. The van der Waals surface area contributed by atoms with Crippen LogP contribution in [0.3, 0.4) is 0 Å². The zero-order valence-electron chi connectivity index (χ0n) is 6.54. The van der Waals surface area contributed by atoms with Gasteiger partial charge in [0.2, 0.25) is 0 Å². The third-order valence-corrected chi connectivity index (χ3v) is 1.13. The predicted octanol–water partition coefficient (Wildman–Crippen LogP) is 1.13. The van der Waals surface area contributed by atoms with Crippen LogP contribution in [0.2, 0.25) is 0 Å². The molecule has 3 nitrogen and oxygen atoms in total. The standard InChI is InChI=1S/C7H11ClO3/c1-5(2)11-7(10)3-6(8)4-9/h4-6H,3H2,1-2H3. The first-order valence-electron chi connectivity index (χ1n) is 3.35. The Labute approximate surface area is 70.7 Å². The highest BCUT2D eigenvalue weighted by Crippen LogP contribution is 2.01. The number of halogens is 1. The second kappa shape index (κ2) is 5.13. The van der Waals surface area contributed by atoms with Crippen LogP contribution in [0.5, 0.6) is 0 Å². The summed E-state index contributed by atoms with van der Waals surface area (Å²) in [6.45, 7) is 3.48. The molecular formula is C7H11ClO3. The van der Waals surface area contributed by atoms with Gasteiger partial charge in [0.1, 0.15) is 6.29 Å². The smallest absolute Gasteiger partial charge is 0.307 e. The molecule has 4 heteroatoms. The van der Waals surface area contributed by atoms with Crippen LogP contribution in [0.1, 0.15) is 20.3 Å². The lowest BCUT2D eigenvalue weighted by Gasteiger charge is -2.07. The first-order chi connectivity index (χ1) is 5.06. The van der Waals surface area contributed by atoms with Crippen molar-refractivity contribution in [1.82, 2.24) is 0 Å². The first kappa shape index (κ1) is 10.4. The van der Waals surface area contributed by atoms with Gasteiger partial charge in [-0.1, -0.05) is 0 Å². The van der Waals surface area contributed by atoms with Gasteiger partial charge in [-0.25, -0.2) is 0 Å². The van der Waals surface area contributed by atoms with Gasteiger partial charge in [0.05, 0.1) is 17.9 Å². The maximum atomic E-state index is 10.8. The summed E-state index contributed by atoms with van der Waals surface area (Å²) >= 11 is 5.37. The molecule has 0 aromatic heterocycles. The van der Waals surface area contributed by atoms with Gasteiger partial charge in [-0.3, -0.25) is 4.79 Å². The van der Waals surface area contributed by atoms with Crippen LogP contribution in [-0.4, -0.2) is 23.7 Å². The molecule has 11 heavy (non-hydrogen) atoms. The highest BCUT2D eigenvalue weighted by Gasteiger charge is 2.11. The van der Waals surface area contributed by atoms with E-state index < -0.39 is 11.3 Å². The Bertz CT molecular complexity index is 145. The summed E-state index contributed by atoms with van der Waals surface area (Å²) in [5, 5.41) is -0.763. The lowest BCUT2D eigenvalue weighted by molar-refractivity contribution is -0.147. The molecule has 0 aliphatic rings. The molecule has 1 unspecified atom stereocenters. The van der Waals surface area contributed by atoms with Gasteiger partial charge in [0, 0.05) is 0 Å². The normalized spacial score (nSPS) is 12.7. The average Bonchev–Trinajstić information content (AvgIpc) is 1.85. The maximum Gasteiger partial charge on any atom is 0.307 e. The number of rotatable bonds is 4. The van der Waals surface area contributed by atoms with Crippen molar-refractivity contribution in [3.05, 3.63) is 0 Å². The van der Waals surface area contributed by atoms with Crippen molar-refractivity contribution in [2.75, 3.05) is 0 Å². The van der Waals surface area contributed by atoms with Gasteiger partial charge in [-0.2, -0.15) is 0 Å². The SMILES string of the molecule is CC(C)OC(=O)CC(Cl)C=O. The quantitative estimate of drug-likeness (QED) is 0.368. The average molecular weight is 179 g/mol. The highest BCUT2D eigenvalue weighted by molar-refractivity contribution is 6.28. The lowest BCUT2D eigenvalue weighted by Crippen LogP contribution is -2.16. The molecule has 0 saturated heterocycles. The van der Waals surface area contributed by atoms with Crippen LogP contribution in [0.4, 0.5) is 0 Å². The van der Waals surface area contributed by atoms with E-state index in [-0.39, 0.29) is 12.5 Å². The van der Waals surface area contributed by atoms with E-state index in [4.69, 9.17) is 16.3 Å². The van der Waals surface area contributed by atoms with Crippen molar-refractivity contribution >= 4 is 23.9 Å². The van der Waals surface area contributed by atoms with Crippen LogP contribution in [0, 0.1) is 0 Å². The zero-order valence-corrected chi connectivity index (χ0v) is 7.30. The Morgan fingerprint density at radius 1 is 1.64 bits per heavy atom. The number of hydrogen-bond donors (Lipinski definition) is 0. The van der Waals surface area contributed by atoms with Gasteiger partial charge in [-0.15, -0.1) is 11.6 Å². The van der Waals surface area contributed by atoms with Crippen LogP contribution in [0.25, 0.3) is 0 Å². The van der Waals surface area contributed by atoms with E-state index >= 15 is 0 Å². The summed E-state index contributed by atoms with van der Waals surface area (Å²) < 4.78 is 4.74. The summed E-state index contributed by atoms with van der Waals surface area (Å²) in [6, 6.07) is 0. The van der Waals surface area contributed by atoms with Crippen molar-refractivity contribution in [3.63, 3.8) is 0 Å². The maximum absolute atomic E-state index is 10.8. The van der Waals surface area contributed by atoms with Crippen molar-refractivity contribution in [3.8, 4) is 0 Å². The summed E-state index contributed by atoms with van der Waals surface area (Å²) in [5.41, 5.74) is 0. The molecule has 0 fully saturated rings. The number of aldehydes is 1. The van der Waals surface area contributed by atoms with E-state index in [0.29, 0.717) is 6.29 Å². The number of hydrogen-bond acceptors (Lipinski definition) is 3. The van der Waals surface area contributed by atoms with Gasteiger partial charge < -0.3 is 9.53 Å². The van der Waals surface area contributed by atoms with E-state index in [1.807, 2.05) is 0 Å². The molecule has 0 aliphatic heterocycles. The summed E-state index contributed by atoms with van der Waals surface area (Å²) in [6.07, 6.45) is 0.310. The zero-order chi connectivity index (χ0) is 8.85. The summed E-state index contributed by atoms with van der Waals surface area (Å²) in [7, 11) is 0. The Kier molecular flexibility index (Phi) is 4.86. The molecule has 0 N–H and O–H groups in total. The molecule has 64 valence electrons. The molecule has 0 bridgehead atoms. The van der Waals surface area contributed by atoms with Crippen molar-refractivity contribution in [2.24, 2.45) is 0 Å². The monoisotopic (exact) mass is 178 g/mol. The third kappa shape index (κ3) is 5.85. The van der Waals surface area contributed by atoms with Gasteiger partial charge in [-0.05, 0) is 13.8 Å². The van der Waals surface area contributed by atoms with E-state index in [9.17, 15) is 9.59 Å². The second-order valence-electron chi connectivity index (χ2n) is 2.39. The molecule has 0 radical (unpaired) electrons. The van der Waals surface area contributed by atoms with Gasteiger partial charge in [0.15, 0.2) is 0 Å². The number of carbonyl (C=O) groups excluding carboxylic acids is 2. The lowest BCUT2D eigenvalue weighted by atomic mass is 10.3. The molecule has 1 atom stereocenters. The van der Waals surface area contributed by atoms with Crippen LogP contribution < -0.4 is 0 Å². The van der Waals surface area contributed by atoms with Crippen molar-refractivity contribution in [2.45, 2.75) is 31.7 Å². The second-order valence-corrected chi connectivity index (χ2v) is 2.96. The van der Waals surface area contributed by atoms with Gasteiger partial charge >= 0.3 is 5.97 Å². The predicted molar refractivity (Wildman–Crippen MR) is 41.6 cm³/mol. The highest BCUT2D eigenvalue weighted by atomic mass is 35.5. The van der Waals surface area contributed by atoms with E-state index in [1.54, 1.807) is 13.8 Å². The molecule has 0 rings (SSSR count). The molecule has 0 aromatic rings. The number of carbonyl (C=O) groups is 2. The topological polar surface area (TPSA) is 43.4 Å². The summed E-state index contributed by atoms with van der Waals surface area (Å²) in [4.78, 5) is 20.7. The van der Waals surface area contributed by atoms with Crippen LogP contribution >= 0.6 is 11.6 Å². The Balaban J connectivity index is 3.60. The van der Waals surface area contributed by atoms with Crippen molar-refractivity contribution < 1.29 is 14.3 Å². The van der Waals surface area contributed by atoms with Crippen molar-refractivity contribution in [1.29, 1.82) is 0 Å². The fourth-order valence-corrected chi connectivity index (χ4v) is 0.644. The molecule has 0 amide bonds. The first-order valence-corrected chi connectivity index (χ1v) is 3.78. The molecular weight excluding hydrogens is 168 g/mol. The Morgan fingerprint density at radius 2 is 2.18 bits per heavy atom. The van der Waals surface area contributed by atoms with E-state index in [1.165, 1.54) is 0 Å². The number of esters is 1. The third-order valence-electron chi connectivity index (χ3n) is 0.876. The number of ether oxygens (including phenoxy) is 1. The number of alkyl halides is 1. The minimum atomic E-state index is -0.763. The van der Waals surface area contributed by atoms with E-state index in [2.05, 4.69) is 0 Å². The fraction of sp³-hybridized carbons (Fsp3) is 0.714. The fourth-order valence-electron chi connectivity index (χ4n) is 0.518. The molecule has 0 heterocycles. The van der Waals surface area contributed by atoms with E-state index in [0.717, 1.165) is 0 Å².